The van der Waals surface area contributed by atoms with Crippen LogP contribution in [-0.4, -0.2) is 23.0 Å². The summed E-state index contributed by atoms with van der Waals surface area (Å²) >= 11 is 5.87. The third-order valence-electron chi connectivity index (χ3n) is 6.69. The normalized spacial score (nSPS) is 14.9. The number of benzene rings is 3. The van der Waals surface area contributed by atoms with Crippen LogP contribution in [0.4, 0.5) is 5.69 Å². The third kappa shape index (κ3) is 3.45. The van der Waals surface area contributed by atoms with Gasteiger partial charge < -0.3 is 0 Å². The van der Waals surface area contributed by atoms with Gasteiger partial charge in [-0.05, 0) is 91.4 Å². The zero-order valence-electron chi connectivity index (χ0n) is 18.5. The number of para-hydroxylation sites is 1. The maximum Gasteiger partial charge on any atom is 0.258 e. The largest absolute Gasteiger partial charge is 0.296 e. The summed E-state index contributed by atoms with van der Waals surface area (Å²) in [6.45, 7) is 8.06. The molecule has 1 aliphatic rings. The quantitative estimate of drug-likeness (QED) is 0.480. The molecule has 1 unspecified atom stereocenters. The third-order valence-corrected chi connectivity index (χ3v) is 6.89. The molecule has 0 bridgehead atoms. The van der Waals surface area contributed by atoms with Gasteiger partial charge in [0.15, 0.2) is 5.78 Å². The van der Waals surface area contributed by atoms with E-state index in [1.54, 1.807) is 48.5 Å². The molecule has 5 heteroatoms. The van der Waals surface area contributed by atoms with Crippen molar-refractivity contribution in [3.63, 3.8) is 0 Å². The minimum atomic E-state index is -0.756. The van der Waals surface area contributed by atoms with Gasteiger partial charge in [-0.2, -0.15) is 0 Å². The second kappa shape index (κ2) is 8.36. The Bertz CT molecular complexity index is 1260. The highest BCUT2D eigenvalue weighted by Crippen LogP contribution is 2.38. The van der Waals surface area contributed by atoms with E-state index in [4.69, 9.17) is 11.6 Å². The summed E-state index contributed by atoms with van der Waals surface area (Å²) in [4.78, 5) is 41.1. The van der Waals surface area contributed by atoms with Gasteiger partial charge in [-0.15, -0.1) is 0 Å². The molecule has 3 aromatic carbocycles. The molecule has 0 spiro atoms. The van der Waals surface area contributed by atoms with E-state index in [2.05, 4.69) is 6.92 Å². The molecule has 0 aliphatic heterocycles. The average molecular weight is 446 g/mol. The van der Waals surface area contributed by atoms with Crippen molar-refractivity contribution in [1.29, 1.82) is 0 Å². The molecule has 0 heterocycles. The van der Waals surface area contributed by atoms with E-state index >= 15 is 0 Å². The fourth-order valence-corrected chi connectivity index (χ4v) is 4.79. The van der Waals surface area contributed by atoms with Gasteiger partial charge in [0.2, 0.25) is 0 Å². The van der Waals surface area contributed by atoms with E-state index in [9.17, 15) is 14.4 Å². The van der Waals surface area contributed by atoms with E-state index in [1.807, 2.05) is 26.8 Å². The van der Waals surface area contributed by atoms with Gasteiger partial charge in [-0.25, -0.2) is 0 Å². The van der Waals surface area contributed by atoms with Crippen molar-refractivity contribution in [2.45, 2.75) is 40.2 Å². The Morgan fingerprint density at radius 3 is 2.09 bits per heavy atom. The van der Waals surface area contributed by atoms with Gasteiger partial charge in [-0.1, -0.05) is 30.3 Å². The number of Topliss-reactive ketones (excluding diaryl/α,β-unsaturated/α-hetero) is 1. The molecule has 0 aromatic heterocycles. The predicted molar refractivity (Wildman–Crippen MR) is 127 cm³/mol. The van der Waals surface area contributed by atoms with Crippen LogP contribution in [0, 0.1) is 27.7 Å². The minimum Gasteiger partial charge on any atom is -0.296 e. The van der Waals surface area contributed by atoms with Gasteiger partial charge in [-0.3, -0.25) is 19.3 Å². The van der Waals surface area contributed by atoms with Gasteiger partial charge in [0.25, 0.3) is 11.1 Å². The van der Waals surface area contributed by atoms with Crippen molar-refractivity contribution in [2.75, 3.05) is 4.90 Å². The maximum atomic E-state index is 13.8. The van der Waals surface area contributed by atoms with E-state index in [1.165, 1.54) is 4.90 Å². The number of halogens is 1. The van der Waals surface area contributed by atoms with Crippen LogP contribution < -0.4 is 4.90 Å². The van der Waals surface area contributed by atoms with Gasteiger partial charge in [0, 0.05) is 17.5 Å². The highest BCUT2D eigenvalue weighted by atomic mass is 35.5. The molecule has 1 atom stereocenters. The van der Waals surface area contributed by atoms with E-state index in [-0.39, 0.29) is 17.3 Å². The molecule has 0 saturated heterocycles. The number of ketones is 1. The number of nitrogens with zero attached hydrogens (tertiary/aromatic N) is 1. The molecule has 0 fully saturated rings. The standard InChI is InChI=1S/C27H24ClNO3/c1-15-16(2)18(4)24-21(17(15)3)14-23(25(24)30)29(27(32)19-10-6-5-7-11-19)22-13-9-8-12-20(22)26(28)31/h5-13,23H,14H2,1-4H3. The number of fused-ring (bicyclic) bond motifs is 1. The predicted octanol–water partition coefficient (Wildman–Crippen LogP) is 5.75. The highest BCUT2D eigenvalue weighted by Gasteiger charge is 2.41. The fraction of sp³-hybridized carbons (Fsp3) is 0.222. The lowest BCUT2D eigenvalue weighted by Crippen LogP contribution is -2.45. The lowest BCUT2D eigenvalue weighted by atomic mass is 9.90. The summed E-state index contributed by atoms with van der Waals surface area (Å²) < 4.78 is 0. The smallest absolute Gasteiger partial charge is 0.258 e. The monoisotopic (exact) mass is 445 g/mol. The van der Waals surface area contributed by atoms with Crippen LogP contribution in [0.2, 0.25) is 0 Å². The molecule has 32 heavy (non-hydrogen) atoms. The van der Waals surface area contributed by atoms with Crippen molar-refractivity contribution >= 4 is 34.2 Å². The second-order valence-corrected chi connectivity index (χ2v) is 8.61. The first kappa shape index (κ1) is 22.0. The molecule has 4 nitrogen and oxygen atoms in total. The van der Waals surface area contributed by atoms with Crippen LogP contribution >= 0.6 is 11.6 Å². The second-order valence-electron chi connectivity index (χ2n) is 8.27. The van der Waals surface area contributed by atoms with Crippen molar-refractivity contribution in [3.8, 4) is 0 Å². The highest BCUT2D eigenvalue weighted by molar-refractivity contribution is 6.68. The summed E-state index contributed by atoms with van der Waals surface area (Å²) in [5, 5.41) is -0.673. The average Bonchev–Trinajstić information content (AvgIpc) is 3.14. The Hall–Kier alpha value is -3.24. The molecular formula is C27H24ClNO3. The number of hydrogen-bond donors (Lipinski definition) is 0. The van der Waals surface area contributed by atoms with Crippen molar-refractivity contribution in [3.05, 3.63) is 99.1 Å². The Morgan fingerprint density at radius 2 is 1.44 bits per heavy atom. The lowest BCUT2D eigenvalue weighted by molar-refractivity contribution is 0.0906. The summed E-state index contributed by atoms with van der Waals surface area (Å²) in [6, 6.07) is 14.7. The summed E-state index contributed by atoms with van der Waals surface area (Å²) in [6.07, 6.45) is 0.394. The lowest BCUT2D eigenvalue weighted by Gasteiger charge is -2.29. The molecule has 0 saturated carbocycles. The minimum absolute atomic E-state index is 0.107. The van der Waals surface area contributed by atoms with Gasteiger partial charge >= 0.3 is 0 Å². The number of carbonyl (C=O) groups excluding carboxylic acids is 3. The number of amides is 1. The number of carbonyl (C=O) groups is 3. The molecule has 3 aromatic rings. The molecule has 4 rings (SSSR count). The van der Waals surface area contributed by atoms with Crippen LogP contribution in [0.5, 0.6) is 0 Å². The molecule has 0 N–H and O–H groups in total. The van der Waals surface area contributed by atoms with E-state index in [0.29, 0.717) is 23.2 Å². The zero-order valence-corrected chi connectivity index (χ0v) is 19.3. The van der Waals surface area contributed by atoms with Crippen molar-refractivity contribution in [2.24, 2.45) is 0 Å². The molecule has 1 amide bonds. The zero-order chi connectivity index (χ0) is 23.2. The van der Waals surface area contributed by atoms with E-state index in [0.717, 1.165) is 27.8 Å². The fourth-order valence-electron chi connectivity index (χ4n) is 4.63. The SMILES string of the molecule is Cc1c(C)c(C)c2c(c1C)CC(N(C(=O)c1ccccc1)c1ccccc1C(=O)Cl)C2=O. The molecule has 1 aliphatic carbocycles. The summed E-state index contributed by atoms with van der Waals surface area (Å²) in [7, 11) is 0. The van der Waals surface area contributed by atoms with E-state index < -0.39 is 11.3 Å². The van der Waals surface area contributed by atoms with Crippen molar-refractivity contribution < 1.29 is 14.4 Å². The van der Waals surface area contributed by atoms with Gasteiger partial charge in [0.1, 0.15) is 6.04 Å². The Kier molecular flexibility index (Phi) is 5.74. The molecule has 0 radical (unpaired) electrons. The molecule has 162 valence electrons. The molecular weight excluding hydrogens is 422 g/mol. The maximum absolute atomic E-state index is 13.8. The Balaban J connectivity index is 1.92. The Labute approximate surface area is 192 Å². The van der Waals surface area contributed by atoms with Crippen LogP contribution in [0.15, 0.2) is 54.6 Å². The van der Waals surface area contributed by atoms with Crippen LogP contribution in [0.25, 0.3) is 0 Å². The Morgan fingerprint density at radius 1 is 0.844 bits per heavy atom. The first-order chi connectivity index (χ1) is 15.2. The summed E-state index contributed by atoms with van der Waals surface area (Å²) in [5.41, 5.74) is 6.92. The van der Waals surface area contributed by atoms with Gasteiger partial charge in [0.05, 0.1) is 11.3 Å². The van der Waals surface area contributed by atoms with Crippen molar-refractivity contribution in [1.82, 2.24) is 0 Å². The first-order valence-electron chi connectivity index (χ1n) is 10.5. The number of rotatable bonds is 4. The summed E-state index contributed by atoms with van der Waals surface area (Å²) in [5.74, 6) is -0.448. The first-order valence-corrected chi connectivity index (χ1v) is 10.9. The number of anilines is 1. The number of hydrogen-bond acceptors (Lipinski definition) is 3. The van der Waals surface area contributed by atoms with Crippen LogP contribution in [-0.2, 0) is 6.42 Å². The van der Waals surface area contributed by atoms with Crippen LogP contribution in [0.3, 0.4) is 0 Å². The van der Waals surface area contributed by atoms with Crippen LogP contribution in [0.1, 0.15) is 58.9 Å². The topological polar surface area (TPSA) is 54.5 Å².